The number of hydrogen-bond donors (Lipinski definition) is 2. The molecule has 124 valence electrons. The van der Waals surface area contributed by atoms with Gasteiger partial charge in [0.05, 0.1) is 6.26 Å². The predicted molar refractivity (Wildman–Crippen MR) is 93.0 cm³/mol. The molecule has 3 heterocycles. The summed E-state index contributed by atoms with van der Waals surface area (Å²) in [7, 11) is 0. The molecule has 1 amide bonds. The van der Waals surface area contributed by atoms with Gasteiger partial charge in [-0.05, 0) is 31.2 Å². The van der Waals surface area contributed by atoms with Gasteiger partial charge in [-0.2, -0.15) is 4.98 Å². The number of hydrogen-bond acceptors (Lipinski definition) is 6. The van der Waals surface area contributed by atoms with Gasteiger partial charge in [-0.15, -0.1) is 0 Å². The molecule has 0 aliphatic rings. The molecule has 0 radical (unpaired) electrons. The number of nitrogens with one attached hydrogen (secondary N) is 1. The summed E-state index contributed by atoms with van der Waals surface area (Å²) in [6, 6.07) is 10.6. The van der Waals surface area contributed by atoms with E-state index in [1.165, 1.54) is 17.2 Å². The van der Waals surface area contributed by atoms with Crippen LogP contribution in [0.5, 0.6) is 0 Å². The molecule has 1 aromatic carbocycles. The van der Waals surface area contributed by atoms with Gasteiger partial charge in [-0.3, -0.25) is 0 Å². The minimum absolute atomic E-state index is 0.0313. The summed E-state index contributed by atoms with van der Waals surface area (Å²) in [5.74, 6) is 0.534. The number of carbonyl (C=O) groups is 1. The molecule has 0 aliphatic carbocycles. The van der Waals surface area contributed by atoms with Crippen molar-refractivity contribution in [2.75, 3.05) is 11.1 Å². The van der Waals surface area contributed by atoms with Crippen LogP contribution >= 0.6 is 0 Å². The van der Waals surface area contributed by atoms with Crippen molar-refractivity contribution in [1.82, 2.24) is 19.5 Å². The summed E-state index contributed by atoms with van der Waals surface area (Å²) < 4.78 is 6.65. The van der Waals surface area contributed by atoms with Crippen LogP contribution in [0.15, 0.2) is 53.4 Å². The summed E-state index contributed by atoms with van der Waals surface area (Å²) in [4.78, 5) is 25.1. The quantitative estimate of drug-likeness (QED) is 0.582. The molecule has 0 unspecified atom stereocenters. The van der Waals surface area contributed by atoms with Crippen molar-refractivity contribution < 1.29 is 9.21 Å². The van der Waals surface area contributed by atoms with Crippen LogP contribution in [0, 0.1) is 6.92 Å². The second-order valence-electron chi connectivity index (χ2n) is 5.49. The van der Waals surface area contributed by atoms with Gasteiger partial charge in [0.1, 0.15) is 17.5 Å². The lowest BCUT2D eigenvalue weighted by Crippen LogP contribution is -2.19. The fraction of sp³-hybridized carbons (Fsp3) is 0.0588. The standard InChI is InChI=1S/C17H14N6O2/c1-10-4-6-11(7-5-10)20-17(24)23-9-19-14-13(12-3-2-8-25-12)21-16(18)22-15(14)23/h2-9H,1H3,(H,20,24)(H2,18,21,22). The topological polar surface area (TPSA) is 112 Å². The highest BCUT2D eigenvalue weighted by Gasteiger charge is 2.18. The van der Waals surface area contributed by atoms with E-state index in [-0.39, 0.29) is 5.95 Å². The maximum atomic E-state index is 12.6. The Balaban J connectivity index is 1.75. The molecule has 0 atom stereocenters. The molecule has 25 heavy (non-hydrogen) atoms. The molecule has 0 fully saturated rings. The van der Waals surface area contributed by atoms with E-state index in [0.29, 0.717) is 28.3 Å². The number of nitrogens with zero attached hydrogens (tertiary/aromatic N) is 4. The number of aryl methyl sites for hydroxylation is 1. The van der Waals surface area contributed by atoms with Crippen LogP contribution in [-0.2, 0) is 0 Å². The third-order valence-electron chi connectivity index (χ3n) is 3.69. The first kappa shape index (κ1) is 14.9. The summed E-state index contributed by atoms with van der Waals surface area (Å²) >= 11 is 0. The van der Waals surface area contributed by atoms with E-state index in [1.807, 2.05) is 31.2 Å². The Kier molecular flexibility index (Phi) is 3.42. The predicted octanol–water partition coefficient (Wildman–Crippen LogP) is 3.06. The van der Waals surface area contributed by atoms with Crippen LogP contribution in [0.2, 0.25) is 0 Å². The molecule has 8 heteroatoms. The van der Waals surface area contributed by atoms with Crippen LogP contribution in [-0.4, -0.2) is 25.6 Å². The Hall–Kier alpha value is -3.68. The van der Waals surface area contributed by atoms with Gasteiger partial charge in [0.25, 0.3) is 0 Å². The van der Waals surface area contributed by atoms with E-state index in [2.05, 4.69) is 20.3 Å². The molecule has 0 aliphatic heterocycles. The average Bonchev–Trinajstić information content (AvgIpc) is 3.25. The minimum atomic E-state index is -0.394. The summed E-state index contributed by atoms with van der Waals surface area (Å²) in [5, 5.41) is 2.80. The van der Waals surface area contributed by atoms with Crippen LogP contribution in [0.4, 0.5) is 16.4 Å². The highest BCUT2D eigenvalue weighted by Crippen LogP contribution is 2.26. The lowest BCUT2D eigenvalue weighted by molar-refractivity contribution is 0.254. The SMILES string of the molecule is Cc1ccc(NC(=O)n2cnc3c(-c4ccco4)nc(N)nc32)cc1. The first-order chi connectivity index (χ1) is 12.1. The maximum absolute atomic E-state index is 12.6. The smallest absolute Gasteiger partial charge is 0.332 e. The molecular weight excluding hydrogens is 320 g/mol. The first-order valence-corrected chi connectivity index (χ1v) is 7.54. The highest BCUT2D eigenvalue weighted by atomic mass is 16.3. The molecule has 3 aromatic heterocycles. The second-order valence-corrected chi connectivity index (χ2v) is 5.49. The monoisotopic (exact) mass is 334 g/mol. The van der Waals surface area contributed by atoms with Gasteiger partial charge in [-0.1, -0.05) is 17.7 Å². The van der Waals surface area contributed by atoms with Gasteiger partial charge >= 0.3 is 6.03 Å². The van der Waals surface area contributed by atoms with E-state index in [0.717, 1.165) is 5.56 Å². The summed E-state index contributed by atoms with van der Waals surface area (Å²) in [5.41, 5.74) is 8.75. The third-order valence-corrected chi connectivity index (χ3v) is 3.69. The molecule has 4 rings (SSSR count). The fourth-order valence-electron chi connectivity index (χ4n) is 2.47. The lowest BCUT2D eigenvalue weighted by Gasteiger charge is -2.07. The van der Waals surface area contributed by atoms with E-state index < -0.39 is 6.03 Å². The number of benzene rings is 1. The number of aromatic nitrogens is 4. The fourth-order valence-corrected chi connectivity index (χ4v) is 2.47. The van der Waals surface area contributed by atoms with E-state index in [4.69, 9.17) is 10.2 Å². The Bertz CT molecular complexity index is 1050. The zero-order valence-corrected chi connectivity index (χ0v) is 13.3. The normalized spacial score (nSPS) is 10.9. The number of amides is 1. The molecule has 0 saturated heterocycles. The molecule has 4 aromatic rings. The summed E-state index contributed by atoms with van der Waals surface area (Å²) in [6.45, 7) is 1.98. The van der Waals surface area contributed by atoms with Gasteiger partial charge in [-0.25, -0.2) is 19.3 Å². The van der Waals surface area contributed by atoms with E-state index in [1.54, 1.807) is 12.1 Å². The maximum Gasteiger partial charge on any atom is 0.332 e. The minimum Gasteiger partial charge on any atom is -0.463 e. The number of nitrogens with two attached hydrogens (primary N) is 1. The Morgan fingerprint density at radius 3 is 2.72 bits per heavy atom. The molecule has 8 nitrogen and oxygen atoms in total. The Morgan fingerprint density at radius 1 is 1.20 bits per heavy atom. The van der Waals surface area contributed by atoms with Crippen molar-refractivity contribution in [3.63, 3.8) is 0 Å². The number of nitrogen functional groups attached to an aromatic ring is 1. The zero-order chi connectivity index (χ0) is 17.4. The van der Waals surface area contributed by atoms with Crippen molar-refractivity contribution in [1.29, 1.82) is 0 Å². The summed E-state index contributed by atoms with van der Waals surface area (Å²) in [6.07, 6.45) is 2.91. The molecule has 0 bridgehead atoms. The van der Waals surface area contributed by atoms with Crippen LogP contribution in [0.1, 0.15) is 5.56 Å². The first-order valence-electron chi connectivity index (χ1n) is 7.54. The molecule has 3 N–H and O–H groups in total. The van der Waals surface area contributed by atoms with Gasteiger partial charge < -0.3 is 15.5 Å². The number of furan rings is 1. The second kappa shape index (κ2) is 5.75. The average molecular weight is 334 g/mol. The van der Waals surface area contributed by atoms with Gasteiger partial charge in [0.2, 0.25) is 5.95 Å². The van der Waals surface area contributed by atoms with Crippen molar-refractivity contribution >= 4 is 28.8 Å². The van der Waals surface area contributed by atoms with Crippen molar-refractivity contribution in [2.45, 2.75) is 6.92 Å². The lowest BCUT2D eigenvalue weighted by atomic mass is 10.2. The molecule has 0 saturated carbocycles. The van der Waals surface area contributed by atoms with E-state index in [9.17, 15) is 4.79 Å². The Morgan fingerprint density at radius 2 is 2.00 bits per heavy atom. The van der Waals surface area contributed by atoms with E-state index >= 15 is 0 Å². The third kappa shape index (κ3) is 2.69. The molecular formula is C17H14N6O2. The van der Waals surface area contributed by atoms with Crippen molar-refractivity contribution in [3.05, 3.63) is 54.6 Å². The van der Waals surface area contributed by atoms with Gasteiger partial charge in [0, 0.05) is 5.69 Å². The van der Waals surface area contributed by atoms with Gasteiger partial charge in [0.15, 0.2) is 11.4 Å². The Labute approximate surface area is 142 Å². The van der Waals surface area contributed by atoms with Crippen molar-refractivity contribution in [2.24, 2.45) is 0 Å². The van der Waals surface area contributed by atoms with Crippen LogP contribution in [0.25, 0.3) is 22.6 Å². The number of imidazole rings is 1. The van der Waals surface area contributed by atoms with Crippen LogP contribution in [0.3, 0.4) is 0 Å². The van der Waals surface area contributed by atoms with Crippen LogP contribution < -0.4 is 11.1 Å². The number of fused-ring (bicyclic) bond motifs is 1. The highest BCUT2D eigenvalue weighted by molar-refractivity contribution is 5.98. The number of rotatable bonds is 2. The number of anilines is 2. The largest absolute Gasteiger partial charge is 0.463 e. The molecule has 0 spiro atoms. The zero-order valence-electron chi connectivity index (χ0n) is 13.3. The number of carbonyl (C=O) groups excluding carboxylic acids is 1. The van der Waals surface area contributed by atoms with Crippen molar-refractivity contribution in [3.8, 4) is 11.5 Å².